The fraction of sp³-hybridized carbons (Fsp3) is 0. The van der Waals surface area contributed by atoms with E-state index in [2.05, 4.69) is 179 Å². The third-order valence-corrected chi connectivity index (χ3v) is 10.9. The molecule has 0 amide bonds. The van der Waals surface area contributed by atoms with Gasteiger partial charge in [-0.25, -0.2) is 9.97 Å². The summed E-state index contributed by atoms with van der Waals surface area (Å²) in [7, 11) is 0. The first-order chi connectivity index (χ1) is 27.3. The third-order valence-electron chi connectivity index (χ3n) is 10.9. The van der Waals surface area contributed by atoms with E-state index in [1.54, 1.807) is 0 Å². The zero-order valence-electron chi connectivity index (χ0n) is 29.8. The second-order valence-corrected chi connectivity index (χ2v) is 14.0. The molecule has 55 heavy (non-hydrogen) atoms. The highest BCUT2D eigenvalue weighted by molar-refractivity contribution is 6.25. The van der Waals surface area contributed by atoms with Crippen molar-refractivity contribution in [2.45, 2.75) is 0 Å². The van der Waals surface area contributed by atoms with Crippen molar-refractivity contribution in [3.63, 3.8) is 0 Å². The standard InChI is InChI=1S/C51H32N4/c1-2-11-41-39(9-1)40-10-3-4-12-42(40)46-31-37(23-26-43(41)46)51-53-47(35-19-17-33(18-20-35)34-27-29-52-30-28-34)32-48(54-51)36-21-24-38(25-22-36)55-49-15-7-5-13-44(49)45-14-6-8-16-50(45)55/h1-32H. The van der Waals surface area contributed by atoms with E-state index in [9.17, 15) is 0 Å². The molecule has 3 aromatic heterocycles. The number of para-hydroxylation sites is 2. The van der Waals surface area contributed by atoms with Crippen molar-refractivity contribution in [2.75, 3.05) is 0 Å². The lowest BCUT2D eigenvalue weighted by Crippen LogP contribution is -1.97. The smallest absolute Gasteiger partial charge is 0.160 e. The lowest BCUT2D eigenvalue weighted by Gasteiger charge is -2.13. The highest BCUT2D eigenvalue weighted by Crippen LogP contribution is 2.38. The van der Waals surface area contributed by atoms with Crippen LogP contribution in [-0.2, 0) is 0 Å². The normalized spacial score (nSPS) is 11.6. The lowest BCUT2D eigenvalue weighted by atomic mass is 9.93. The number of nitrogens with zero attached hydrogens (tertiary/aromatic N) is 4. The Kier molecular flexibility index (Phi) is 7.14. The van der Waals surface area contributed by atoms with Gasteiger partial charge in [0.25, 0.3) is 0 Å². The minimum Gasteiger partial charge on any atom is -0.309 e. The number of rotatable bonds is 5. The molecule has 0 aliphatic rings. The minimum atomic E-state index is 0.691. The summed E-state index contributed by atoms with van der Waals surface area (Å²) in [5, 5.41) is 9.89. The second kappa shape index (κ2) is 12.6. The molecule has 0 aliphatic carbocycles. The van der Waals surface area contributed by atoms with Crippen LogP contribution in [0.1, 0.15) is 0 Å². The number of pyridine rings is 1. The second-order valence-electron chi connectivity index (χ2n) is 14.0. The zero-order valence-corrected chi connectivity index (χ0v) is 29.8. The summed E-state index contributed by atoms with van der Waals surface area (Å²) in [5.74, 6) is 0.691. The van der Waals surface area contributed by atoms with Gasteiger partial charge < -0.3 is 4.57 Å². The van der Waals surface area contributed by atoms with E-state index in [4.69, 9.17) is 9.97 Å². The van der Waals surface area contributed by atoms with Gasteiger partial charge in [0.1, 0.15) is 0 Å². The van der Waals surface area contributed by atoms with Crippen LogP contribution in [0, 0.1) is 0 Å². The van der Waals surface area contributed by atoms with Gasteiger partial charge in [-0.3, -0.25) is 4.98 Å². The molecule has 256 valence electrons. The van der Waals surface area contributed by atoms with Gasteiger partial charge in [0.05, 0.1) is 22.4 Å². The molecule has 4 nitrogen and oxygen atoms in total. The minimum absolute atomic E-state index is 0.691. The van der Waals surface area contributed by atoms with Crippen molar-refractivity contribution >= 4 is 54.1 Å². The van der Waals surface area contributed by atoms with Gasteiger partial charge in [0.2, 0.25) is 0 Å². The average molecular weight is 701 g/mol. The molecule has 8 aromatic carbocycles. The summed E-state index contributed by atoms with van der Waals surface area (Å²) in [6, 6.07) is 64.8. The molecule has 0 radical (unpaired) electrons. The van der Waals surface area contributed by atoms with Crippen molar-refractivity contribution < 1.29 is 0 Å². The van der Waals surface area contributed by atoms with Gasteiger partial charge in [-0.1, -0.05) is 133 Å². The van der Waals surface area contributed by atoms with Crippen LogP contribution < -0.4 is 0 Å². The van der Waals surface area contributed by atoms with Gasteiger partial charge in [-0.2, -0.15) is 0 Å². The maximum Gasteiger partial charge on any atom is 0.160 e. The van der Waals surface area contributed by atoms with Crippen LogP contribution >= 0.6 is 0 Å². The number of hydrogen-bond acceptors (Lipinski definition) is 3. The summed E-state index contributed by atoms with van der Waals surface area (Å²) in [5.41, 5.74) is 10.5. The van der Waals surface area contributed by atoms with Crippen molar-refractivity contribution in [1.82, 2.24) is 19.5 Å². The predicted octanol–water partition coefficient (Wildman–Crippen LogP) is 13.1. The van der Waals surface area contributed by atoms with E-state index < -0.39 is 0 Å². The number of hydrogen-bond donors (Lipinski definition) is 0. The van der Waals surface area contributed by atoms with Crippen molar-refractivity contribution in [3.05, 3.63) is 194 Å². The van der Waals surface area contributed by atoms with Gasteiger partial charge in [0.15, 0.2) is 5.82 Å². The quantitative estimate of drug-likeness (QED) is 0.168. The first-order valence-corrected chi connectivity index (χ1v) is 18.6. The van der Waals surface area contributed by atoms with Crippen LogP contribution in [0.15, 0.2) is 194 Å². The van der Waals surface area contributed by atoms with Crippen molar-refractivity contribution in [1.29, 1.82) is 0 Å². The van der Waals surface area contributed by atoms with E-state index in [1.807, 2.05) is 24.5 Å². The number of benzene rings is 8. The van der Waals surface area contributed by atoms with Crippen LogP contribution in [0.2, 0.25) is 0 Å². The zero-order chi connectivity index (χ0) is 36.3. The molecule has 11 aromatic rings. The summed E-state index contributed by atoms with van der Waals surface area (Å²) >= 11 is 0. The Balaban J connectivity index is 1.07. The lowest BCUT2D eigenvalue weighted by molar-refractivity contribution is 1.17. The molecule has 0 atom stereocenters. The molecule has 0 N–H and O–H groups in total. The first-order valence-electron chi connectivity index (χ1n) is 18.6. The molecule has 0 spiro atoms. The van der Waals surface area contributed by atoms with E-state index >= 15 is 0 Å². The van der Waals surface area contributed by atoms with E-state index in [-0.39, 0.29) is 0 Å². The van der Waals surface area contributed by atoms with Gasteiger partial charge in [-0.05, 0) is 92.0 Å². The predicted molar refractivity (Wildman–Crippen MR) is 228 cm³/mol. The average Bonchev–Trinajstić information content (AvgIpc) is 3.61. The first kappa shape index (κ1) is 31.1. The Hall–Kier alpha value is -7.43. The van der Waals surface area contributed by atoms with Crippen molar-refractivity contribution in [2.24, 2.45) is 0 Å². The van der Waals surface area contributed by atoms with Crippen LogP contribution in [0.25, 0.3) is 105 Å². The summed E-state index contributed by atoms with van der Waals surface area (Å²) in [6.07, 6.45) is 3.66. The Bertz CT molecular complexity index is 3150. The maximum absolute atomic E-state index is 5.28. The fourth-order valence-corrected chi connectivity index (χ4v) is 8.28. The molecule has 0 bridgehead atoms. The Morgan fingerprint density at radius 1 is 0.309 bits per heavy atom. The maximum atomic E-state index is 5.28. The fourth-order valence-electron chi connectivity index (χ4n) is 8.28. The SMILES string of the molecule is c1ccc2c(c1)c1ccccc1c1cc(-c3nc(-c4ccc(-c5ccncc5)cc4)cc(-c4ccc(-n5c6ccccc6c6ccccc65)cc4)n3)ccc21. The molecule has 3 heterocycles. The Morgan fingerprint density at radius 3 is 1.29 bits per heavy atom. The largest absolute Gasteiger partial charge is 0.309 e. The van der Waals surface area contributed by atoms with Gasteiger partial charge >= 0.3 is 0 Å². The Labute approximate surface area is 317 Å². The molecular formula is C51H32N4. The molecule has 0 fully saturated rings. The summed E-state index contributed by atoms with van der Waals surface area (Å²) in [6.45, 7) is 0. The molecule has 0 unspecified atom stereocenters. The summed E-state index contributed by atoms with van der Waals surface area (Å²) in [4.78, 5) is 14.7. The molecule has 0 saturated carbocycles. The van der Waals surface area contributed by atoms with Crippen LogP contribution in [0.5, 0.6) is 0 Å². The van der Waals surface area contributed by atoms with Gasteiger partial charge in [0, 0.05) is 45.5 Å². The number of aromatic nitrogens is 4. The molecular weight excluding hydrogens is 669 g/mol. The van der Waals surface area contributed by atoms with Crippen LogP contribution in [0.4, 0.5) is 0 Å². The van der Waals surface area contributed by atoms with Crippen LogP contribution in [-0.4, -0.2) is 19.5 Å². The van der Waals surface area contributed by atoms with E-state index in [1.165, 1.54) is 54.1 Å². The number of fused-ring (bicyclic) bond motifs is 9. The molecule has 0 saturated heterocycles. The van der Waals surface area contributed by atoms with Crippen LogP contribution in [0.3, 0.4) is 0 Å². The van der Waals surface area contributed by atoms with E-state index in [0.717, 1.165) is 44.9 Å². The molecule has 4 heteroatoms. The monoisotopic (exact) mass is 700 g/mol. The Morgan fingerprint density at radius 2 is 0.727 bits per heavy atom. The summed E-state index contributed by atoms with van der Waals surface area (Å²) < 4.78 is 2.35. The van der Waals surface area contributed by atoms with Gasteiger partial charge in [-0.15, -0.1) is 0 Å². The molecule has 11 rings (SSSR count). The topological polar surface area (TPSA) is 43.6 Å². The third kappa shape index (κ3) is 5.19. The highest BCUT2D eigenvalue weighted by Gasteiger charge is 2.16. The van der Waals surface area contributed by atoms with E-state index in [0.29, 0.717) is 5.82 Å². The highest BCUT2D eigenvalue weighted by atomic mass is 15.0. The molecule has 0 aliphatic heterocycles. The van der Waals surface area contributed by atoms with Crippen molar-refractivity contribution in [3.8, 4) is 50.7 Å².